The maximum Gasteiger partial charge on any atom is 0.303 e. The highest BCUT2D eigenvalue weighted by Gasteiger charge is 2.52. The number of thioether (sulfide) groups is 1. The molecular weight excluding hydrogens is 568 g/mol. The van der Waals surface area contributed by atoms with E-state index in [2.05, 4.69) is 0 Å². The van der Waals surface area contributed by atoms with Crippen molar-refractivity contribution >= 4 is 46.7 Å². The van der Waals surface area contributed by atoms with Crippen molar-refractivity contribution in [2.75, 3.05) is 13.7 Å². The monoisotopic (exact) mass is 600 g/mol. The first-order valence-electron chi connectivity index (χ1n) is 13.1. The lowest BCUT2D eigenvalue weighted by Gasteiger charge is -2.44. The third-order valence-corrected chi connectivity index (χ3v) is 7.44. The molecular formula is C29H32N2O10S. The van der Waals surface area contributed by atoms with E-state index in [4.69, 9.17) is 33.4 Å². The van der Waals surface area contributed by atoms with Gasteiger partial charge in [-0.25, -0.2) is 4.98 Å². The summed E-state index contributed by atoms with van der Waals surface area (Å²) in [6, 6.07) is 15.1. The second kappa shape index (κ2) is 13.7. The summed E-state index contributed by atoms with van der Waals surface area (Å²) in [5.41, 5.74) is 1.42. The van der Waals surface area contributed by atoms with Crippen LogP contribution in [-0.4, -0.2) is 77.0 Å². The third-order valence-electron chi connectivity index (χ3n) is 6.31. The highest BCUT2D eigenvalue weighted by atomic mass is 32.2. The topological polar surface area (TPSA) is 141 Å². The maximum atomic E-state index is 12.2. The largest absolute Gasteiger partial charge is 0.496 e. The summed E-state index contributed by atoms with van der Waals surface area (Å²) in [7, 11) is 1.60. The summed E-state index contributed by atoms with van der Waals surface area (Å²) < 4.78 is 35.7. The number of rotatable bonds is 10. The highest BCUT2D eigenvalue weighted by Crippen LogP contribution is 2.39. The van der Waals surface area contributed by atoms with Gasteiger partial charge in [-0.2, -0.15) is 0 Å². The molecule has 2 heterocycles. The van der Waals surface area contributed by atoms with Crippen molar-refractivity contribution in [2.24, 2.45) is 0 Å². The lowest BCUT2D eigenvalue weighted by Crippen LogP contribution is -2.61. The number of fused-ring (bicyclic) bond motifs is 1. The standard InChI is InChI=1S/C29H32N2O10S/c1-16(32)37-15-24-25(38-17(2)33)26(39-18(3)34)27(40-19(4)35)28(41-24)42-29-30-21-11-7-8-12-22(21)31(29)14-20-10-6-9-13-23(20)36-5/h6-13,24-28H,14-15H2,1-5H3. The van der Waals surface area contributed by atoms with Crippen molar-refractivity contribution < 1.29 is 47.6 Å². The molecule has 5 atom stereocenters. The third kappa shape index (κ3) is 7.39. The Bertz CT molecular complexity index is 1460. The van der Waals surface area contributed by atoms with Gasteiger partial charge in [0.2, 0.25) is 0 Å². The number of methoxy groups -OCH3 is 1. The van der Waals surface area contributed by atoms with Gasteiger partial charge in [0.1, 0.15) is 18.5 Å². The molecule has 12 nitrogen and oxygen atoms in total. The Labute approximate surface area is 246 Å². The van der Waals surface area contributed by atoms with Gasteiger partial charge in [-0.05, 0) is 18.2 Å². The zero-order valence-corrected chi connectivity index (χ0v) is 24.6. The summed E-state index contributed by atoms with van der Waals surface area (Å²) in [4.78, 5) is 52.9. The molecule has 13 heteroatoms. The Morgan fingerprint density at radius 2 is 1.45 bits per heavy atom. The highest BCUT2D eigenvalue weighted by molar-refractivity contribution is 7.99. The van der Waals surface area contributed by atoms with Crippen molar-refractivity contribution in [3.05, 3.63) is 54.1 Å². The van der Waals surface area contributed by atoms with Gasteiger partial charge in [0.25, 0.3) is 0 Å². The summed E-state index contributed by atoms with van der Waals surface area (Å²) in [6.07, 6.45) is -4.78. The van der Waals surface area contributed by atoms with Gasteiger partial charge in [0.15, 0.2) is 28.9 Å². The van der Waals surface area contributed by atoms with Crippen LogP contribution in [0.2, 0.25) is 0 Å². The van der Waals surface area contributed by atoms with Gasteiger partial charge >= 0.3 is 23.9 Å². The smallest absolute Gasteiger partial charge is 0.303 e. The number of hydrogen-bond acceptors (Lipinski definition) is 12. The van der Waals surface area contributed by atoms with Gasteiger partial charge in [0.05, 0.1) is 24.7 Å². The van der Waals surface area contributed by atoms with Crippen LogP contribution in [-0.2, 0) is 49.4 Å². The van der Waals surface area contributed by atoms with E-state index in [1.54, 1.807) is 7.11 Å². The number of ether oxygens (including phenoxy) is 6. The molecule has 3 aromatic rings. The predicted octanol–water partition coefficient (Wildman–Crippen LogP) is 3.27. The summed E-state index contributed by atoms with van der Waals surface area (Å²) in [6.45, 7) is 4.86. The predicted molar refractivity (Wildman–Crippen MR) is 150 cm³/mol. The van der Waals surface area contributed by atoms with E-state index in [1.807, 2.05) is 53.1 Å². The van der Waals surface area contributed by atoms with Crippen molar-refractivity contribution in [1.82, 2.24) is 9.55 Å². The molecule has 0 spiro atoms. The average Bonchev–Trinajstić information content (AvgIpc) is 3.27. The Balaban J connectivity index is 1.78. The Kier molecular flexibility index (Phi) is 10.1. The van der Waals surface area contributed by atoms with Gasteiger partial charge in [-0.1, -0.05) is 42.1 Å². The number of carbonyl (C=O) groups is 4. The van der Waals surface area contributed by atoms with Crippen molar-refractivity contribution in [3.63, 3.8) is 0 Å². The van der Waals surface area contributed by atoms with Crippen LogP contribution < -0.4 is 4.74 Å². The molecule has 0 N–H and O–H groups in total. The van der Waals surface area contributed by atoms with E-state index in [1.165, 1.54) is 27.7 Å². The van der Waals surface area contributed by atoms with Crippen molar-refractivity contribution in [1.29, 1.82) is 0 Å². The van der Waals surface area contributed by atoms with Crippen LogP contribution in [0.3, 0.4) is 0 Å². The first kappa shape index (κ1) is 30.8. The van der Waals surface area contributed by atoms with Gasteiger partial charge in [-0.3, -0.25) is 19.2 Å². The Hall–Kier alpha value is -4.10. The number of benzene rings is 2. The number of hydrogen-bond donors (Lipinski definition) is 0. The fraction of sp³-hybridized carbons (Fsp3) is 0.414. The number of aromatic nitrogens is 2. The fourth-order valence-corrected chi connectivity index (χ4v) is 5.88. The van der Waals surface area contributed by atoms with E-state index in [9.17, 15) is 19.2 Å². The number of imidazole rings is 1. The summed E-state index contributed by atoms with van der Waals surface area (Å²) >= 11 is 1.13. The molecule has 0 radical (unpaired) electrons. The quantitative estimate of drug-likeness (QED) is 0.249. The molecule has 1 saturated heterocycles. The zero-order valence-electron chi connectivity index (χ0n) is 23.8. The minimum atomic E-state index is -1.27. The van der Waals surface area contributed by atoms with E-state index < -0.39 is 53.7 Å². The van der Waals surface area contributed by atoms with Gasteiger partial charge in [-0.15, -0.1) is 0 Å². The molecule has 1 aliphatic rings. The normalized spacial score (nSPS) is 21.8. The van der Waals surface area contributed by atoms with Gasteiger partial charge < -0.3 is 33.0 Å². The van der Waals surface area contributed by atoms with E-state index in [0.717, 1.165) is 22.8 Å². The van der Waals surface area contributed by atoms with Crippen LogP contribution in [0.4, 0.5) is 0 Å². The summed E-state index contributed by atoms with van der Waals surface area (Å²) in [5, 5.41) is 0.503. The SMILES string of the molecule is COc1ccccc1Cn1c(SC2OC(COC(C)=O)C(OC(C)=O)C(OC(C)=O)C2OC(C)=O)nc2ccccc21. The lowest BCUT2D eigenvalue weighted by atomic mass is 9.99. The fourth-order valence-electron chi connectivity index (χ4n) is 4.69. The number of nitrogens with zero attached hydrogens (tertiary/aromatic N) is 2. The second-order valence-corrected chi connectivity index (χ2v) is 10.5. The van der Waals surface area contributed by atoms with Gasteiger partial charge in [0, 0.05) is 33.3 Å². The first-order valence-corrected chi connectivity index (χ1v) is 14.0. The van der Waals surface area contributed by atoms with Crippen LogP contribution in [0.15, 0.2) is 53.7 Å². The molecule has 2 aromatic carbocycles. The lowest BCUT2D eigenvalue weighted by molar-refractivity contribution is -0.237. The van der Waals surface area contributed by atoms with E-state index >= 15 is 0 Å². The Morgan fingerprint density at radius 1 is 0.833 bits per heavy atom. The van der Waals surface area contributed by atoms with Crippen LogP contribution >= 0.6 is 11.8 Å². The number of carbonyl (C=O) groups excluding carboxylic acids is 4. The maximum absolute atomic E-state index is 12.2. The van der Waals surface area contributed by atoms with E-state index in [0.29, 0.717) is 23.0 Å². The van der Waals surface area contributed by atoms with Crippen molar-refractivity contribution in [3.8, 4) is 5.75 Å². The molecule has 224 valence electrons. The zero-order chi connectivity index (χ0) is 30.4. The van der Waals surface area contributed by atoms with Crippen LogP contribution in [0.1, 0.15) is 33.3 Å². The molecule has 1 aliphatic heterocycles. The minimum absolute atomic E-state index is 0.313. The van der Waals surface area contributed by atoms with Crippen LogP contribution in [0, 0.1) is 0 Å². The molecule has 0 saturated carbocycles. The average molecular weight is 601 g/mol. The molecule has 1 fully saturated rings. The summed E-state index contributed by atoms with van der Waals surface area (Å²) in [5.74, 6) is -1.96. The van der Waals surface area contributed by atoms with Crippen LogP contribution in [0.25, 0.3) is 11.0 Å². The van der Waals surface area contributed by atoms with Crippen molar-refractivity contribution in [2.45, 2.75) is 69.2 Å². The molecule has 4 rings (SSSR count). The molecule has 0 amide bonds. The molecule has 1 aromatic heterocycles. The molecule has 42 heavy (non-hydrogen) atoms. The second-order valence-electron chi connectivity index (χ2n) is 9.47. The molecule has 5 unspecified atom stereocenters. The van der Waals surface area contributed by atoms with E-state index in [-0.39, 0.29) is 6.61 Å². The molecule has 0 bridgehead atoms. The first-order chi connectivity index (χ1) is 20.1. The molecule has 0 aliphatic carbocycles. The number of para-hydroxylation sites is 3. The number of esters is 4. The Morgan fingerprint density at radius 3 is 2.12 bits per heavy atom. The van der Waals surface area contributed by atoms with Crippen LogP contribution in [0.5, 0.6) is 5.75 Å². The minimum Gasteiger partial charge on any atom is -0.496 e.